The first-order chi connectivity index (χ1) is 11.2. The summed E-state index contributed by atoms with van der Waals surface area (Å²) in [5, 5.41) is 0. The molecule has 132 valence electrons. The van der Waals surface area contributed by atoms with Gasteiger partial charge >= 0.3 is 0 Å². The zero-order valence-corrected chi connectivity index (χ0v) is 15.4. The van der Waals surface area contributed by atoms with E-state index >= 15 is 0 Å². The summed E-state index contributed by atoms with van der Waals surface area (Å²) in [4.78, 5) is 2.64. The summed E-state index contributed by atoms with van der Waals surface area (Å²) in [5.41, 5.74) is 8.12. The molecule has 0 bridgehead atoms. The molecule has 0 amide bonds. The van der Waals surface area contributed by atoms with Gasteiger partial charge in [0.05, 0.1) is 12.3 Å². The van der Waals surface area contributed by atoms with Gasteiger partial charge in [-0.25, -0.2) is 0 Å². The lowest BCUT2D eigenvalue weighted by Gasteiger charge is -2.22. The SMILES string of the molecule is CCCCCN(CCCC)CCCc1ccc(OCC)c(N)c1. The first-order valence-corrected chi connectivity index (χ1v) is 9.44. The number of nitrogens with two attached hydrogens (primary N) is 1. The molecule has 0 unspecified atom stereocenters. The van der Waals surface area contributed by atoms with E-state index in [0.29, 0.717) is 6.61 Å². The van der Waals surface area contributed by atoms with Crippen LogP contribution in [0.5, 0.6) is 5.75 Å². The second-order valence-corrected chi connectivity index (χ2v) is 6.31. The van der Waals surface area contributed by atoms with Gasteiger partial charge in [0.15, 0.2) is 0 Å². The number of anilines is 1. The van der Waals surface area contributed by atoms with Crippen molar-refractivity contribution in [3.63, 3.8) is 0 Å². The third kappa shape index (κ3) is 8.26. The predicted octanol–water partition coefficient (Wildman–Crippen LogP) is 4.89. The van der Waals surface area contributed by atoms with Crippen LogP contribution in [0.3, 0.4) is 0 Å². The van der Waals surface area contributed by atoms with Crippen LogP contribution in [-0.4, -0.2) is 31.1 Å². The Morgan fingerprint density at radius 1 is 0.913 bits per heavy atom. The van der Waals surface area contributed by atoms with E-state index < -0.39 is 0 Å². The number of hydrogen-bond acceptors (Lipinski definition) is 3. The van der Waals surface area contributed by atoms with Crippen LogP contribution >= 0.6 is 0 Å². The molecule has 0 saturated carbocycles. The van der Waals surface area contributed by atoms with E-state index in [1.54, 1.807) is 0 Å². The molecule has 0 heterocycles. The molecule has 0 spiro atoms. The van der Waals surface area contributed by atoms with Gasteiger partial charge in [0.2, 0.25) is 0 Å². The largest absolute Gasteiger partial charge is 0.492 e. The smallest absolute Gasteiger partial charge is 0.142 e. The van der Waals surface area contributed by atoms with Crippen molar-refractivity contribution in [3.05, 3.63) is 23.8 Å². The Labute approximate surface area is 143 Å². The van der Waals surface area contributed by atoms with Gasteiger partial charge in [-0.15, -0.1) is 0 Å². The molecule has 1 aromatic rings. The van der Waals surface area contributed by atoms with Crippen molar-refractivity contribution < 1.29 is 4.74 Å². The van der Waals surface area contributed by atoms with Crippen molar-refractivity contribution in [2.24, 2.45) is 0 Å². The fourth-order valence-corrected chi connectivity index (χ4v) is 2.85. The summed E-state index contributed by atoms with van der Waals surface area (Å²) < 4.78 is 5.50. The van der Waals surface area contributed by atoms with Crippen LogP contribution in [-0.2, 0) is 6.42 Å². The van der Waals surface area contributed by atoms with E-state index in [0.717, 1.165) is 17.9 Å². The number of nitrogens with zero attached hydrogens (tertiary/aromatic N) is 1. The molecule has 0 aliphatic carbocycles. The Bertz CT molecular complexity index is 420. The highest BCUT2D eigenvalue weighted by Gasteiger charge is 2.06. The Morgan fingerprint density at radius 3 is 2.26 bits per heavy atom. The molecule has 0 fully saturated rings. The zero-order valence-electron chi connectivity index (χ0n) is 15.4. The van der Waals surface area contributed by atoms with E-state index in [2.05, 4.69) is 30.9 Å². The van der Waals surface area contributed by atoms with E-state index in [4.69, 9.17) is 10.5 Å². The Morgan fingerprint density at radius 2 is 1.61 bits per heavy atom. The molecular formula is C20H36N2O. The van der Waals surface area contributed by atoms with Crippen molar-refractivity contribution in [1.29, 1.82) is 0 Å². The summed E-state index contributed by atoms with van der Waals surface area (Å²) in [6.45, 7) is 10.9. The zero-order chi connectivity index (χ0) is 16.9. The molecular weight excluding hydrogens is 284 g/mol. The fraction of sp³-hybridized carbons (Fsp3) is 0.700. The Hall–Kier alpha value is -1.22. The minimum absolute atomic E-state index is 0.660. The number of hydrogen-bond donors (Lipinski definition) is 1. The minimum atomic E-state index is 0.660. The quantitative estimate of drug-likeness (QED) is 0.415. The molecule has 0 aromatic heterocycles. The Kier molecular flexibility index (Phi) is 10.5. The second kappa shape index (κ2) is 12.2. The second-order valence-electron chi connectivity index (χ2n) is 6.31. The van der Waals surface area contributed by atoms with Gasteiger partial charge in [0.1, 0.15) is 5.75 Å². The van der Waals surface area contributed by atoms with Crippen molar-refractivity contribution in [2.75, 3.05) is 32.0 Å². The Balaban J connectivity index is 2.40. The number of ether oxygens (including phenoxy) is 1. The molecule has 0 atom stereocenters. The van der Waals surface area contributed by atoms with Gasteiger partial charge in [-0.3, -0.25) is 0 Å². The summed E-state index contributed by atoms with van der Waals surface area (Å²) in [6.07, 6.45) is 8.85. The summed E-state index contributed by atoms with van der Waals surface area (Å²) in [7, 11) is 0. The highest BCUT2D eigenvalue weighted by atomic mass is 16.5. The molecule has 0 radical (unpaired) electrons. The topological polar surface area (TPSA) is 38.5 Å². The van der Waals surface area contributed by atoms with Crippen LogP contribution in [0.2, 0.25) is 0 Å². The van der Waals surface area contributed by atoms with E-state index in [-0.39, 0.29) is 0 Å². The van der Waals surface area contributed by atoms with Crippen LogP contribution in [0.1, 0.15) is 64.9 Å². The third-order valence-electron chi connectivity index (χ3n) is 4.22. The average molecular weight is 321 g/mol. The normalized spacial score (nSPS) is 11.1. The van der Waals surface area contributed by atoms with Crippen molar-refractivity contribution in [3.8, 4) is 5.75 Å². The van der Waals surface area contributed by atoms with Crippen LogP contribution in [0.25, 0.3) is 0 Å². The van der Waals surface area contributed by atoms with Crippen molar-refractivity contribution >= 4 is 5.69 Å². The van der Waals surface area contributed by atoms with Gasteiger partial charge in [0, 0.05) is 0 Å². The molecule has 2 N–H and O–H groups in total. The van der Waals surface area contributed by atoms with Crippen LogP contribution < -0.4 is 10.5 Å². The minimum Gasteiger partial charge on any atom is -0.492 e. The molecule has 23 heavy (non-hydrogen) atoms. The van der Waals surface area contributed by atoms with Crippen molar-refractivity contribution in [2.45, 2.75) is 65.7 Å². The van der Waals surface area contributed by atoms with E-state index in [1.807, 2.05) is 13.0 Å². The number of benzene rings is 1. The lowest BCUT2D eigenvalue weighted by molar-refractivity contribution is 0.260. The number of unbranched alkanes of at least 4 members (excludes halogenated alkanes) is 3. The fourth-order valence-electron chi connectivity index (χ4n) is 2.85. The maximum atomic E-state index is 6.05. The van der Waals surface area contributed by atoms with Gasteiger partial charge in [-0.2, -0.15) is 0 Å². The molecule has 3 heteroatoms. The summed E-state index contributed by atoms with van der Waals surface area (Å²) in [6, 6.07) is 6.22. The summed E-state index contributed by atoms with van der Waals surface area (Å²) >= 11 is 0. The first-order valence-electron chi connectivity index (χ1n) is 9.44. The van der Waals surface area contributed by atoms with E-state index in [9.17, 15) is 0 Å². The standard InChI is InChI=1S/C20H36N2O/c1-4-7-9-15-22(14-8-5-2)16-10-11-18-12-13-20(23-6-3)19(21)17-18/h12-13,17H,4-11,14-16,21H2,1-3H3. The molecule has 1 aromatic carbocycles. The number of nitrogen functional groups attached to an aromatic ring is 1. The molecule has 0 aliphatic heterocycles. The van der Waals surface area contributed by atoms with Crippen LogP contribution in [0.15, 0.2) is 18.2 Å². The van der Waals surface area contributed by atoms with Gasteiger partial charge in [0.25, 0.3) is 0 Å². The maximum absolute atomic E-state index is 6.05. The van der Waals surface area contributed by atoms with E-state index in [1.165, 1.54) is 63.7 Å². The van der Waals surface area contributed by atoms with Crippen LogP contribution in [0.4, 0.5) is 5.69 Å². The number of rotatable bonds is 13. The third-order valence-corrected chi connectivity index (χ3v) is 4.22. The molecule has 0 saturated heterocycles. The monoisotopic (exact) mass is 320 g/mol. The molecule has 1 rings (SSSR count). The van der Waals surface area contributed by atoms with Crippen molar-refractivity contribution in [1.82, 2.24) is 4.90 Å². The maximum Gasteiger partial charge on any atom is 0.142 e. The average Bonchev–Trinajstić information content (AvgIpc) is 2.55. The summed E-state index contributed by atoms with van der Waals surface area (Å²) in [5.74, 6) is 0.806. The predicted molar refractivity (Wildman–Crippen MR) is 101 cm³/mol. The number of aryl methyl sites for hydroxylation is 1. The van der Waals surface area contributed by atoms with Gasteiger partial charge in [-0.1, -0.05) is 39.2 Å². The first kappa shape index (κ1) is 19.8. The lowest BCUT2D eigenvalue weighted by Crippen LogP contribution is -2.27. The molecule has 0 aliphatic rings. The van der Waals surface area contributed by atoms with Gasteiger partial charge < -0.3 is 15.4 Å². The van der Waals surface area contributed by atoms with Crippen LogP contribution in [0, 0.1) is 0 Å². The highest BCUT2D eigenvalue weighted by molar-refractivity contribution is 5.54. The molecule has 3 nitrogen and oxygen atoms in total. The highest BCUT2D eigenvalue weighted by Crippen LogP contribution is 2.23. The van der Waals surface area contributed by atoms with Gasteiger partial charge in [-0.05, 0) is 69.9 Å². The lowest BCUT2D eigenvalue weighted by atomic mass is 10.1.